The summed E-state index contributed by atoms with van der Waals surface area (Å²) in [4.78, 5) is 4.09. The van der Waals surface area contributed by atoms with Crippen LogP contribution in [0.5, 0.6) is 11.5 Å². The average molecular weight is 245 g/mol. The highest BCUT2D eigenvalue weighted by molar-refractivity contribution is 5.65. The monoisotopic (exact) mass is 245 g/mol. The van der Waals surface area contributed by atoms with E-state index in [2.05, 4.69) is 4.98 Å². The van der Waals surface area contributed by atoms with Crippen molar-refractivity contribution in [2.75, 3.05) is 18.9 Å². The van der Waals surface area contributed by atoms with Crippen LogP contribution in [0, 0.1) is 0 Å². The summed E-state index contributed by atoms with van der Waals surface area (Å²) in [6.45, 7) is 1.38. The summed E-state index contributed by atoms with van der Waals surface area (Å²) in [7, 11) is 1.89. The average Bonchev–Trinajstić information content (AvgIpc) is 2.61. The van der Waals surface area contributed by atoms with E-state index in [1.807, 2.05) is 29.8 Å². The number of nitrogens with two attached hydrogens (primary N) is 1. The zero-order chi connectivity index (χ0) is 12.5. The Hall–Kier alpha value is -2.17. The Balaban J connectivity index is 2.04. The first-order chi connectivity index (χ1) is 8.75. The van der Waals surface area contributed by atoms with Gasteiger partial charge in [-0.05, 0) is 18.2 Å². The van der Waals surface area contributed by atoms with Gasteiger partial charge in [-0.2, -0.15) is 0 Å². The van der Waals surface area contributed by atoms with E-state index in [-0.39, 0.29) is 0 Å². The van der Waals surface area contributed by atoms with E-state index in [0.29, 0.717) is 19.2 Å². The molecular formula is C13H15N3O2. The second kappa shape index (κ2) is 4.25. The highest BCUT2D eigenvalue weighted by Gasteiger charge is 2.13. The van der Waals surface area contributed by atoms with E-state index in [4.69, 9.17) is 15.2 Å². The molecule has 0 bridgehead atoms. The molecule has 0 unspecified atom stereocenters. The molecule has 0 saturated heterocycles. The lowest BCUT2D eigenvalue weighted by Gasteiger charge is -2.09. The summed E-state index contributed by atoms with van der Waals surface area (Å²) < 4.78 is 13.1. The molecule has 1 aliphatic heterocycles. The van der Waals surface area contributed by atoms with E-state index in [1.54, 1.807) is 6.20 Å². The van der Waals surface area contributed by atoms with Gasteiger partial charge < -0.3 is 19.8 Å². The van der Waals surface area contributed by atoms with Crippen molar-refractivity contribution >= 4 is 5.95 Å². The molecule has 1 aliphatic rings. The molecule has 0 aliphatic carbocycles. The molecule has 2 aromatic rings. The van der Waals surface area contributed by atoms with Crippen LogP contribution >= 0.6 is 0 Å². The number of fused-ring (bicyclic) bond motifs is 1. The molecule has 1 aromatic carbocycles. The SMILES string of the molecule is Cn1c(-c2ccc3c(c2)OCCCO3)cnc1N. The smallest absolute Gasteiger partial charge is 0.200 e. The van der Waals surface area contributed by atoms with Gasteiger partial charge in [0.1, 0.15) is 0 Å². The quantitative estimate of drug-likeness (QED) is 0.832. The highest BCUT2D eigenvalue weighted by Crippen LogP contribution is 2.34. The summed E-state index contributed by atoms with van der Waals surface area (Å²) in [5, 5.41) is 0. The van der Waals surface area contributed by atoms with Gasteiger partial charge in [0.15, 0.2) is 17.4 Å². The lowest BCUT2D eigenvalue weighted by molar-refractivity contribution is 0.297. The summed E-state index contributed by atoms with van der Waals surface area (Å²) in [5.74, 6) is 2.08. The third-order valence-electron chi connectivity index (χ3n) is 3.07. The van der Waals surface area contributed by atoms with E-state index in [0.717, 1.165) is 29.2 Å². The fourth-order valence-electron chi connectivity index (χ4n) is 2.01. The van der Waals surface area contributed by atoms with Crippen LogP contribution < -0.4 is 15.2 Å². The molecule has 3 rings (SSSR count). The van der Waals surface area contributed by atoms with E-state index in [9.17, 15) is 0 Å². The predicted octanol–water partition coefficient (Wildman–Crippen LogP) is 1.83. The second-order valence-electron chi connectivity index (χ2n) is 4.27. The van der Waals surface area contributed by atoms with Crippen molar-refractivity contribution < 1.29 is 9.47 Å². The molecule has 2 N–H and O–H groups in total. The number of nitrogens with zero attached hydrogens (tertiary/aromatic N) is 2. The molecule has 1 aromatic heterocycles. The molecule has 0 amide bonds. The van der Waals surface area contributed by atoms with Gasteiger partial charge >= 0.3 is 0 Å². The van der Waals surface area contributed by atoms with Gasteiger partial charge in [0, 0.05) is 19.0 Å². The zero-order valence-electron chi connectivity index (χ0n) is 10.2. The molecule has 0 spiro atoms. The van der Waals surface area contributed by atoms with Gasteiger partial charge in [-0.25, -0.2) is 4.98 Å². The molecule has 5 nitrogen and oxygen atoms in total. The van der Waals surface area contributed by atoms with Gasteiger partial charge in [-0.15, -0.1) is 0 Å². The Labute approximate surface area is 105 Å². The Morgan fingerprint density at radius 3 is 2.72 bits per heavy atom. The number of nitrogen functional groups attached to an aromatic ring is 1. The van der Waals surface area contributed by atoms with Crippen LogP contribution in [-0.2, 0) is 7.05 Å². The van der Waals surface area contributed by atoms with Crippen molar-refractivity contribution in [1.29, 1.82) is 0 Å². The molecular weight excluding hydrogens is 230 g/mol. The summed E-state index contributed by atoms with van der Waals surface area (Å²) in [5.41, 5.74) is 7.72. The van der Waals surface area contributed by atoms with Crippen LogP contribution in [-0.4, -0.2) is 22.8 Å². The lowest BCUT2D eigenvalue weighted by Crippen LogP contribution is -1.99. The van der Waals surface area contributed by atoms with Crippen LogP contribution in [0.15, 0.2) is 24.4 Å². The fourth-order valence-corrected chi connectivity index (χ4v) is 2.01. The molecule has 0 saturated carbocycles. The molecule has 18 heavy (non-hydrogen) atoms. The maximum Gasteiger partial charge on any atom is 0.200 e. The number of rotatable bonds is 1. The number of hydrogen-bond donors (Lipinski definition) is 1. The number of anilines is 1. The Bertz CT molecular complexity index is 578. The van der Waals surface area contributed by atoms with Crippen molar-refractivity contribution in [2.24, 2.45) is 7.05 Å². The molecule has 2 heterocycles. The zero-order valence-corrected chi connectivity index (χ0v) is 10.2. The maximum absolute atomic E-state index is 5.74. The fraction of sp³-hybridized carbons (Fsp3) is 0.308. The topological polar surface area (TPSA) is 62.3 Å². The highest BCUT2D eigenvalue weighted by atomic mass is 16.5. The third-order valence-corrected chi connectivity index (χ3v) is 3.07. The Morgan fingerprint density at radius 2 is 2.00 bits per heavy atom. The first-order valence-electron chi connectivity index (χ1n) is 5.93. The minimum atomic E-state index is 0.497. The van der Waals surface area contributed by atoms with Crippen LogP contribution in [0.1, 0.15) is 6.42 Å². The second-order valence-corrected chi connectivity index (χ2v) is 4.27. The third kappa shape index (κ3) is 1.77. The predicted molar refractivity (Wildman–Crippen MR) is 68.7 cm³/mol. The molecule has 0 atom stereocenters. The van der Waals surface area contributed by atoms with Crippen LogP contribution in [0.3, 0.4) is 0 Å². The van der Waals surface area contributed by atoms with E-state index in [1.165, 1.54) is 0 Å². The van der Waals surface area contributed by atoms with Crippen molar-refractivity contribution in [3.05, 3.63) is 24.4 Å². The maximum atomic E-state index is 5.74. The van der Waals surface area contributed by atoms with E-state index < -0.39 is 0 Å². The van der Waals surface area contributed by atoms with Crippen LogP contribution in [0.25, 0.3) is 11.3 Å². The summed E-state index contributed by atoms with van der Waals surface area (Å²) in [6, 6.07) is 5.89. The van der Waals surface area contributed by atoms with Gasteiger partial charge in [-0.3, -0.25) is 0 Å². The Morgan fingerprint density at radius 1 is 1.22 bits per heavy atom. The standard InChI is InChI=1S/C13H15N3O2/c1-16-10(8-15-13(16)14)9-3-4-11-12(7-9)18-6-2-5-17-11/h3-4,7-8H,2,5-6H2,1H3,(H2,14,15). The lowest BCUT2D eigenvalue weighted by atomic mass is 10.1. The number of ether oxygens (including phenoxy) is 2. The van der Waals surface area contributed by atoms with Crippen molar-refractivity contribution in [1.82, 2.24) is 9.55 Å². The molecule has 0 fully saturated rings. The van der Waals surface area contributed by atoms with Crippen molar-refractivity contribution in [3.63, 3.8) is 0 Å². The first kappa shape index (κ1) is 11.0. The molecule has 0 radical (unpaired) electrons. The first-order valence-corrected chi connectivity index (χ1v) is 5.93. The summed E-state index contributed by atoms with van der Waals surface area (Å²) in [6.07, 6.45) is 2.66. The largest absolute Gasteiger partial charge is 0.490 e. The van der Waals surface area contributed by atoms with Crippen LogP contribution in [0.4, 0.5) is 5.95 Å². The Kier molecular flexibility index (Phi) is 2.59. The minimum absolute atomic E-state index is 0.497. The molecule has 94 valence electrons. The minimum Gasteiger partial charge on any atom is -0.490 e. The number of hydrogen-bond acceptors (Lipinski definition) is 4. The van der Waals surface area contributed by atoms with Gasteiger partial charge in [0.2, 0.25) is 0 Å². The van der Waals surface area contributed by atoms with Gasteiger partial charge in [-0.1, -0.05) is 0 Å². The number of imidazole rings is 1. The van der Waals surface area contributed by atoms with Gasteiger partial charge in [0.25, 0.3) is 0 Å². The van der Waals surface area contributed by atoms with Crippen molar-refractivity contribution in [2.45, 2.75) is 6.42 Å². The van der Waals surface area contributed by atoms with E-state index >= 15 is 0 Å². The van der Waals surface area contributed by atoms with Crippen molar-refractivity contribution in [3.8, 4) is 22.8 Å². The summed E-state index contributed by atoms with van der Waals surface area (Å²) >= 11 is 0. The van der Waals surface area contributed by atoms with Gasteiger partial charge in [0.05, 0.1) is 25.1 Å². The van der Waals surface area contributed by atoms with Crippen LogP contribution in [0.2, 0.25) is 0 Å². The normalized spacial score (nSPS) is 14.3. The molecule has 5 heteroatoms. The number of aromatic nitrogens is 2. The number of benzene rings is 1.